The quantitative estimate of drug-likeness (QED) is 0.205. The lowest BCUT2D eigenvalue weighted by Gasteiger charge is -2.28. The fraction of sp³-hybridized carbons (Fsp3) is 0.259. The average Bonchev–Trinajstić information content (AvgIpc) is 3.57. The summed E-state index contributed by atoms with van der Waals surface area (Å²) in [5.41, 5.74) is 2.96. The Hall–Kier alpha value is -3.30. The number of ether oxygens (including phenoxy) is 2. The van der Waals surface area contributed by atoms with Crippen molar-refractivity contribution in [3.8, 4) is 17.2 Å². The van der Waals surface area contributed by atoms with Crippen molar-refractivity contribution in [2.45, 2.75) is 24.4 Å². The van der Waals surface area contributed by atoms with Gasteiger partial charge in [-0.25, -0.2) is 9.37 Å². The van der Waals surface area contributed by atoms with E-state index >= 15 is 0 Å². The van der Waals surface area contributed by atoms with Crippen LogP contribution in [0, 0.1) is 5.82 Å². The second-order valence-corrected chi connectivity index (χ2v) is 10.4. The first-order valence-corrected chi connectivity index (χ1v) is 13.3. The van der Waals surface area contributed by atoms with Crippen molar-refractivity contribution >= 4 is 29.0 Å². The standard InChI is InChI=1S/C27H28FN3O3S2/c1-27(2,19-5-10-22(33-3)23(15-19)34-4)24-16-30-26(31(24)21-8-6-20(28)7-9-21)36-14-12-29-25(32)18-11-13-35-17-18/h5-11,13,15-17H,12,14H2,1-4H3,(H,29,32). The first-order chi connectivity index (χ1) is 17.3. The molecule has 4 aromatic rings. The molecule has 0 fully saturated rings. The highest BCUT2D eigenvalue weighted by atomic mass is 32.2. The van der Waals surface area contributed by atoms with E-state index in [1.807, 2.05) is 39.7 Å². The number of imidazole rings is 1. The van der Waals surface area contributed by atoms with E-state index in [0.29, 0.717) is 29.4 Å². The third-order valence-electron chi connectivity index (χ3n) is 5.96. The molecule has 6 nitrogen and oxygen atoms in total. The summed E-state index contributed by atoms with van der Waals surface area (Å²) in [6.45, 7) is 4.71. The zero-order chi connectivity index (χ0) is 25.7. The van der Waals surface area contributed by atoms with Crippen LogP contribution in [-0.4, -0.2) is 42.0 Å². The lowest BCUT2D eigenvalue weighted by atomic mass is 9.81. The number of halogens is 1. The van der Waals surface area contributed by atoms with Gasteiger partial charge in [0.15, 0.2) is 16.7 Å². The normalized spacial score (nSPS) is 11.4. The largest absolute Gasteiger partial charge is 0.493 e. The molecule has 0 aliphatic rings. The van der Waals surface area contributed by atoms with Crippen LogP contribution in [0.25, 0.3) is 5.69 Å². The van der Waals surface area contributed by atoms with Crippen molar-refractivity contribution < 1.29 is 18.7 Å². The summed E-state index contributed by atoms with van der Waals surface area (Å²) in [4.78, 5) is 17.0. The SMILES string of the molecule is COc1ccc(C(C)(C)c2cnc(SCCNC(=O)c3ccsc3)n2-c2ccc(F)cc2)cc1OC. The first-order valence-electron chi connectivity index (χ1n) is 11.3. The molecule has 0 radical (unpaired) electrons. The molecule has 2 aromatic carbocycles. The maximum absolute atomic E-state index is 13.7. The van der Waals surface area contributed by atoms with Gasteiger partial charge in [0.25, 0.3) is 5.91 Å². The van der Waals surface area contributed by atoms with Gasteiger partial charge in [-0.3, -0.25) is 9.36 Å². The van der Waals surface area contributed by atoms with Gasteiger partial charge in [-0.2, -0.15) is 11.3 Å². The van der Waals surface area contributed by atoms with Gasteiger partial charge < -0.3 is 14.8 Å². The molecule has 0 saturated carbocycles. The number of nitrogens with one attached hydrogen (secondary N) is 1. The molecule has 36 heavy (non-hydrogen) atoms. The van der Waals surface area contributed by atoms with Crippen LogP contribution < -0.4 is 14.8 Å². The van der Waals surface area contributed by atoms with Crippen LogP contribution in [0.3, 0.4) is 0 Å². The molecule has 4 rings (SSSR count). The molecule has 0 aliphatic heterocycles. The molecule has 188 valence electrons. The Kier molecular flexibility index (Phi) is 8.01. The van der Waals surface area contributed by atoms with E-state index < -0.39 is 5.41 Å². The molecule has 1 N–H and O–H groups in total. The van der Waals surface area contributed by atoms with Gasteiger partial charge >= 0.3 is 0 Å². The van der Waals surface area contributed by atoms with E-state index in [-0.39, 0.29) is 11.7 Å². The topological polar surface area (TPSA) is 65.4 Å². The van der Waals surface area contributed by atoms with Crippen molar-refractivity contribution in [1.29, 1.82) is 0 Å². The van der Waals surface area contributed by atoms with Crippen LogP contribution in [0.1, 0.15) is 35.5 Å². The predicted molar refractivity (Wildman–Crippen MR) is 143 cm³/mol. The van der Waals surface area contributed by atoms with Gasteiger partial charge in [-0.05, 0) is 53.4 Å². The van der Waals surface area contributed by atoms with Gasteiger partial charge in [0, 0.05) is 34.3 Å². The van der Waals surface area contributed by atoms with Crippen molar-refractivity contribution in [2.24, 2.45) is 0 Å². The second-order valence-electron chi connectivity index (χ2n) is 8.55. The summed E-state index contributed by atoms with van der Waals surface area (Å²) >= 11 is 3.02. The molecule has 0 atom stereocenters. The fourth-order valence-electron chi connectivity index (χ4n) is 3.89. The minimum absolute atomic E-state index is 0.0889. The molecule has 0 aliphatic carbocycles. The summed E-state index contributed by atoms with van der Waals surface area (Å²) in [7, 11) is 3.22. The van der Waals surface area contributed by atoms with Crippen LogP contribution >= 0.6 is 23.1 Å². The number of aromatic nitrogens is 2. The van der Waals surface area contributed by atoms with Crippen molar-refractivity contribution in [3.05, 3.63) is 88.1 Å². The second kappa shape index (κ2) is 11.2. The Labute approximate surface area is 218 Å². The number of thioether (sulfide) groups is 1. The molecule has 0 bridgehead atoms. The van der Waals surface area contributed by atoms with Crippen LogP contribution in [0.5, 0.6) is 11.5 Å². The van der Waals surface area contributed by atoms with E-state index in [1.54, 1.807) is 32.4 Å². The molecule has 0 unspecified atom stereocenters. The smallest absolute Gasteiger partial charge is 0.252 e. The third kappa shape index (κ3) is 5.42. The minimum Gasteiger partial charge on any atom is -0.493 e. The summed E-state index contributed by atoms with van der Waals surface area (Å²) in [6, 6.07) is 14.0. The minimum atomic E-state index is -0.465. The molecule has 2 aromatic heterocycles. The van der Waals surface area contributed by atoms with Gasteiger partial charge in [0.2, 0.25) is 0 Å². The monoisotopic (exact) mass is 525 g/mol. The number of hydrogen-bond donors (Lipinski definition) is 1. The molecular formula is C27H28FN3O3S2. The number of methoxy groups -OCH3 is 2. The summed E-state index contributed by atoms with van der Waals surface area (Å²) in [5, 5.41) is 7.41. The number of amides is 1. The lowest BCUT2D eigenvalue weighted by Crippen LogP contribution is -2.25. The number of carbonyl (C=O) groups excluding carboxylic acids is 1. The highest BCUT2D eigenvalue weighted by Gasteiger charge is 2.30. The summed E-state index contributed by atoms with van der Waals surface area (Å²) < 4.78 is 26.7. The van der Waals surface area contributed by atoms with E-state index in [9.17, 15) is 9.18 Å². The van der Waals surface area contributed by atoms with E-state index in [2.05, 4.69) is 19.2 Å². The number of carbonyl (C=O) groups is 1. The number of thiophene rings is 1. The molecule has 9 heteroatoms. The Bertz CT molecular complexity index is 1320. The Morgan fingerprint density at radius 1 is 1.11 bits per heavy atom. The Morgan fingerprint density at radius 3 is 2.53 bits per heavy atom. The molecule has 0 spiro atoms. The maximum atomic E-state index is 13.7. The maximum Gasteiger partial charge on any atom is 0.252 e. The van der Waals surface area contributed by atoms with Gasteiger partial charge in [0.1, 0.15) is 5.82 Å². The van der Waals surface area contributed by atoms with Crippen LogP contribution in [0.4, 0.5) is 4.39 Å². The third-order valence-corrected chi connectivity index (χ3v) is 7.60. The average molecular weight is 526 g/mol. The Morgan fingerprint density at radius 2 is 1.86 bits per heavy atom. The highest BCUT2D eigenvalue weighted by Crippen LogP contribution is 2.39. The van der Waals surface area contributed by atoms with E-state index in [1.165, 1.54) is 35.2 Å². The van der Waals surface area contributed by atoms with Crippen molar-refractivity contribution in [2.75, 3.05) is 26.5 Å². The molecular weight excluding hydrogens is 497 g/mol. The lowest BCUT2D eigenvalue weighted by molar-refractivity contribution is 0.0956. The molecule has 1 amide bonds. The van der Waals surface area contributed by atoms with Crippen LogP contribution in [0.2, 0.25) is 0 Å². The van der Waals surface area contributed by atoms with E-state index in [4.69, 9.17) is 14.5 Å². The Balaban J connectivity index is 1.63. The van der Waals surface area contributed by atoms with E-state index in [0.717, 1.165) is 22.1 Å². The van der Waals surface area contributed by atoms with Crippen LogP contribution in [0.15, 0.2) is 70.6 Å². The number of nitrogens with zero attached hydrogens (tertiary/aromatic N) is 2. The van der Waals surface area contributed by atoms with Crippen LogP contribution in [-0.2, 0) is 5.41 Å². The predicted octanol–water partition coefficient (Wildman–Crippen LogP) is 5.94. The number of benzene rings is 2. The first kappa shape index (κ1) is 25.8. The van der Waals surface area contributed by atoms with Gasteiger partial charge in [0.05, 0.1) is 26.1 Å². The zero-order valence-corrected chi connectivity index (χ0v) is 22.2. The van der Waals surface area contributed by atoms with Crippen molar-refractivity contribution in [1.82, 2.24) is 14.9 Å². The van der Waals surface area contributed by atoms with Crippen molar-refractivity contribution in [3.63, 3.8) is 0 Å². The summed E-state index contributed by atoms with van der Waals surface area (Å²) in [5.74, 6) is 1.54. The fourth-order valence-corrected chi connectivity index (χ4v) is 5.38. The zero-order valence-electron chi connectivity index (χ0n) is 20.6. The number of hydrogen-bond acceptors (Lipinski definition) is 6. The molecule has 2 heterocycles. The number of rotatable bonds is 10. The molecule has 0 saturated heterocycles. The highest BCUT2D eigenvalue weighted by molar-refractivity contribution is 7.99. The summed E-state index contributed by atoms with van der Waals surface area (Å²) in [6.07, 6.45) is 1.85. The van der Waals surface area contributed by atoms with Gasteiger partial charge in [-0.15, -0.1) is 0 Å². The van der Waals surface area contributed by atoms with Gasteiger partial charge in [-0.1, -0.05) is 31.7 Å².